The second-order valence-electron chi connectivity index (χ2n) is 5.84. The maximum atomic E-state index is 5.96. The second-order valence-corrected chi connectivity index (χ2v) is 5.84. The third-order valence-corrected chi connectivity index (χ3v) is 2.89. The van der Waals surface area contributed by atoms with Gasteiger partial charge in [0, 0.05) is 5.69 Å². The van der Waals surface area contributed by atoms with E-state index in [4.69, 9.17) is 5.73 Å². The van der Waals surface area contributed by atoms with Crippen LogP contribution in [0, 0.1) is 5.41 Å². The van der Waals surface area contributed by atoms with Gasteiger partial charge in [-0.25, -0.2) is 0 Å². The summed E-state index contributed by atoms with van der Waals surface area (Å²) >= 11 is 0. The summed E-state index contributed by atoms with van der Waals surface area (Å²) in [5.41, 5.74) is 10.0. The van der Waals surface area contributed by atoms with Gasteiger partial charge in [0.15, 0.2) is 0 Å². The van der Waals surface area contributed by atoms with E-state index >= 15 is 0 Å². The molecule has 1 heteroatoms. The van der Waals surface area contributed by atoms with Gasteiger partial charge < -0.3 is 5.73 Å². The number of rotatable bonds is 4. The average molecular weight is 219 g/mol. The highest BCUT2D eigenvalue weighted by molar-refractivity contribution is 5.48. The van der Waals surface area contributed by atoms with Crippen LogP contribution in [0.5, 0.6) is 0 Å². The van der Waals surface area contributed by atoms with E-state index in [1.807, 2.05) is 0 Å². The molecule has 0 saturated carbocycles. The van der Waals surface area contributed by atoms with Crippen molar-refractivity contribution in [1.82, 2.24) is 0 Å². The fourth-order valence-corrected chi connectivity index (χ4v) is 1.82. The van der Waals surface area contributed by atoms with Crippen LogP contribution in [0.1, 0.15) is 51.7 Å². The topological polar surface area (TPSA) is 26.0 Å². The zero-order valence-electron chi connectivity index (χ0n) is 11.1. The van der Waals surface area contributed by atoms with E-state index in [-0.39, 0.29) is 0 Å². The van der Waals surface area contributed by atoms with E-state index < -0.39 is 0 Å². The van der Waals surface area contributed by atoms with Crippen molar-refractivity contribution in [3.8, 4) is 0 Å². The summed E-state index contributed by atoms with van der Waals surface area (Å²) in [7, 11) is 0. The van der Waals surface area contributed by atoms with E-state index in [1.54, 1.807) is 0 Å². The van der Waals surface area contributed by atoms with E-state index in [2.05, 4.69) is 45.9 Å². The van der Waals surface area contributed by atoms with Gasteiger partial charge in [-0.05, 0) is 41.9 Å². The zero-order valence-corrected chi connectivity index (χ0v) is 11.1. The van der Waals surface area contributed by atoms with Crippen LogP contribution >= 0.6 is 0 Å². The van der Waals surface area contributed by atoms with E-state index in [0.29, 0.717) is 5.41 Å². The number of hydrogen-bond acceptors (Lipinski definition) is 1. The predicted molar refractivity (Wildman–Crippen MR) is 72.6 cm³/mol. The molecule has 0 aliphatic heterocycles. The van der Waals surface area contributed by atoms with E-state index in [9.17, 15) is 0 Å². The van der Waals surface area contributed by atoms with Crippen LogP contribution in [0.15, 0.2) is 18.2 Å². The molecule has 0 radical (unpaired) electrons. The minimum Gasteiger partial charge on any atom is -0.399 e. The molecule has 0 saturated heterocycles. The molecular weight excluding hydrogens is 194 g/mol. The summed E-state index contributed by atoms with van der Waals surface area (Å²) in [6, 6.07) is 6.51. The molecule has 1 aromatic carbocycles. The molecule has 0 unspecified atom stereocenters. The lowest BCUT2D eigenvalue weighted by Crippen LogP contribution is -2.06. The Morgan fingerprint density at radius 2 is 1.81 bits per heavy atom. The summed E-state index contributed by atoms with van der Waals surface area (Å²) in [4.78, 5) is 0. The van der Waals surface area contributed by atoms with Gasteiger partial charge in [-0.2, -0.15) is 0 Å². The summed E-state index contributed by atoms with van der Waals surface area (Å²) in [6.45, 7) is 9.06. The largest absolute Gasteiger partial charge is 0.399 e. The van der Waals surface area contributed by atoms with Crippen LogP contribution in [-0.4, -0.2) is 0 Å². The Hall–Kier alpha value is -0.980. The molecule has 2 N–H and O–H groups in total. The van der Waals surface area contributed by atoms with Crippen LogP contribution < -0.4 is 5.73 Å². The predicted octanol–water partition coefficient (Wildman–Crippen LogP) is 4.20. The van der Waals surface area contributed by atoms with Crippen molar-refractivity contribution in [1.29, 1.82) is 0 Å². The fourth-order valence-electron chi connectivity index (χ4n) is 1.82. The molecule has 0 spiro atoms. The normalized spacial score (nSPS) is 11.8. The smallest absolute Gasteiger partial charge is 0.0346 e. The summed E-state index contributed by atoms with van der Waals surface area (Å²) in [6.07, 6.45) is 4.63. The number of nitrogens with two attached hydrogens (primary N) is 1. The minimum absolute atomic E-state index is 0.409. The van der Waals surface area contributed by atoms with Gasteiger partial charge in [-0.1, -0.05) is 46.2 Å². The Morgan fingerprint density at radius 1 is 1.12 bits per heavy atom. The lowest BCUT2D eigenvalue weighted by atomic mass is 9.88. The average Bonchev–Trinajstić information content (AvgIpc) is 2.18. The lowest BCUT2D eigenvalue weighted by Gasteiger charge is -2.18. The van der Waals surface area contributed by atoms with Crippen LogP contribution in [0.2, 0.25) is 0 Å². The highest BCUT2D eigenvalue weighted by Crippen LogP contribution is 2.23. The molecule has 0 fully saturated rings. The Bertz CT molecular complexity index is 334. The quantitative estimate of drug-likeness (QED) is 0.755. The van der Waals surface area contributed by atoms with Crippen molar-refractivity contribution in [3.05, 3.63) is 29.3 Å². The summed E-state index contributed by atoms with van der Waals surface area (Å²) in [5.74, 6) is 0. The van der Waals surface area contributed by atoms with Gasteiger partial charge in [0.2, 0.25) is 0 Å². The number of nitrogen functional groups attached to an aromatic ring is 1. The maximum absolute atomic E-state index is 5.96. The van der Waals surface area contributed by atoms with Gasteiger partial charge in [-0.3, -0.25) is 0 Å². The second kappa shape index (κ2) is 5.38. The molecule has 1 nitrogen and oxygen atoms in total. The van der Waals surface area contributed by atoms with Crippen molar-refractivity contribution >= 4 is 5.69 Å². The molecule has 0 aliphatic carbocycles. The molecule has 90 valence electrons. The molecule has 0 amide bonds. The Labute approximate surface area is 100 Å². The van der Waals surface area contributed by atoms with Crippen LogP contribution in [0.4, 0.5) is 5.69 Å². The van der Waals surface area contributed by atoms with Crippen LogP contribution in [-0.2, 0) is 12.8 Å². The van der Waals surface area contributed by atoms with Gasteiger partial charge in [0.1, 0.15) is 0 Å². The first-order chi connectivity index (χ1) is 7.42. The third-order valence-electron chi connectivity index (χ3n) is 2.89. The van der Waals surface area contributed by atoms with Gasteiger partial charge in [-0.15, -0.1) is 0 Å². The molecule has 1 aromatic rings. The standard InChI is InChI=1S/C15H25N/c1-5-6-13-11-12(7-8-14(13)16)9-10-15(2,3)4/h7-8,11H,5-6,9-10,16H2,1-4H3. The van der Waals surface area contributed by atoms with Gasteiger partial charge in [0.05, 0.1) is 0 Å². The van der Waals surface area contributed by atoms with E-state index in [0.717, 1.165) is 24.9 Å². The SMILES string of the molecule is CCCc1cc(CCC(C)(C)C)ccc1N. The Balaban J connectivity index is 2.71. The summed E-state index contributed by atoms with van der Waals surface area (Å²) < 4.78 is 0. The van der Waals surface area contributed by atoms with Crippen LogP contribution in [0.25, 0.3) is 0 Å². The molecule has 16 heavy (non-hydrogen) atoms. The third kappa shape index (κ3) is 4.26. The first kappa shape index (κ1) is 13.1. The zero-order chi connectivity index (χ0) is 12.2. The summed E-state index contributed by atoms with van der Waals surface area (Å²) in [5, 5.41) is 0. The first-order valence-corrected chi connectivity index (χ1v) is 6.29. The molecule has 0 atom stereocenters. The molecule has 0 aromatic heterocycles. The van der Waals surface area contributed by atoms with Crippen molar-refractivity contribution < 1.29 is 0 Å². The fraction of sp³-hybridized carbons (Fsp3) is 0.600. The minimum atomic E-state index is 0.409. The van der Waals surface area contributed by atoms with Crippen molar-refractivity contribution in [2.75, 3.05) is 5.73 Å². The Morgan fingerprint density at radius 3 is 2.38 bits per heavy atom. The molecule has 1 rings (SSSR count). The Kier molecular flexibility index (Phi) is 4.40. The van der Waals surface area contributed by atoms with Crippen molar-refractivity contribution in [2.24, 2.45) is 5.41 Å². The number of hydrogen-bond donors (Lipinski definition) is 1. The van der Waals surface area contributed by atoms with Gasteiger partial charge >= 0.3 is 0 Å². The maximum Gasteiger partial charge on any atom is 0.0346 e. The highest BCUT2D eigenvalue weighted by atomic mass is 14.6. The van der Waals surface area contributed by atoms with Crippen LogP contribution in [0.3, 0.4) is 0 Å². The molecule has 0 bridgehead atoms. The van der Waals surface area contributed by atoms with Gasteiger partial charge in [0.25, 0.3) is 0 Å². The number of anilines is 1. The molecular formula is C15H25N. The number of aryl methyl sites for hydroxylation is 2. The molecule has 0 heterocycles. The van der Waals surface area contributed by atoms with E-state index in [1.165, 1.54) is 17.5 Å². The number of benzene rings is 1. The first-order valence-electron chi connectivity index (χ1n) is 6.29. The highest BCUT2D eigenvalue weighted by Gasteiger charge is 2.10. The molecule has 0 aliphatic rings. The monoisotopic (exact) mass is 219 g/mol. The van der Waals surface area contributed by atoms with Crippen molar-refractivity contribution in [2.45, 2.75) is 53.4 Å². The van der Waals surface area contributed by atoms with Crippen molar-refractivity contribution in [3.63, 3.8) is 0 Å². The lowest BCUT2D eigenvalue weighted by molar-refractivity contribution is 0.378.